The number of aryl methyl sites for hydroxylation is 2. The molecule has 1 aliphatic heterocycles. The number of amides is 1. The number of hydrogen-bond acceptors (Lipinski definition) is 9. The first kappa shape index (κ1) is 32.7. The first-order valence-electron chi connectivity index (χ1n) is 15.3. The second kappa shape index (κ2) is 14.7. The van der Waals surface area contributed by atoms with E-state index in [0.717, 1.165) is 16.7 Å². The van der Waals surface area contributed by atoms with Gasteiger partial charge >= 0.3 is 5.91 Å². The number of rotatable bonds is 12. The van der Waals surface area contributed by atoms with Gasteiger partial charge in [0, 0.05) is 11.3 Å². The molecule has 1 aromatic heterocycles. The van der Waals surface area contributed by atoms with E-state index in [4.69, 9.17) is 9.47 Å². The van der Waals surface area contributed by atoms with Crippen molar-refractivity contribution in [3.63, 3.8) is 0 Å². The largest absolute Gasteiger partial charge is 0.507 e. The summed E-state index contributed by atoms with van der Waals surface area (Å²) >= 11 is 2.72. The van der Waals surface area contributed by atoms with Crippen molar-refractivity contribution in [1.29, 1.82) is 0 Å². The summed E-state index contributed by atoms with van der Waals surface area (Å²) in [7, 11) is 0. The Morgan fingerprint density at radius 1 is 0.917 bits per heavy atom. The first-order valence-corrected chi connectivity index (χ1v) is 17.1. The van der Waals surface area contributed by atoms with Gasteiger partial charge in [0.1, 0.15) is 30.5 Å². The van der Waals surface area contributed by atoms with Crippen molar-refractivity contribution in [3.05, 3.63) is 149 Å². The third kappa shape index (κ3) is 7.20. The highest BCUT2D eigenvalue weighted by Crippen LogP contribution is 2.44. The summed E-state index contributed by atoms with van der Waals surface area (Å²) in [5.74, 6) is -0.0225. The van der Waals surface area contributed by atoms with E-state index < -0.39 is 17.7 Å². The summed E-state index contributed by atoms with van der Waals surface area (Å²) in [4.78, 5) is 28.7. The molecule has 1 unspecified atom stereocenters. The van der Waals surface area contributed by atoms with E-state index in [1.807, 2.05) is 38.1 Å². The average molecular weight is 676 g/mol. The highest BCUT2D eigenvalue weighted by molar-refractivity contribution is 8.00. The quantitative estimate of drug-likeness (QED) is 0.0353. The predicted molar refractivity (Wildman–Crippen MR) is 190 cm³/mol. The third-order valence-corrected chi connectivity index (χ3v) is 10.0. The van der Waals surface area contributed by atoms with Crippen LogP contribution in [0.25, 0.3) is 5.76 Å². The van der Waals surface area contributed by atoms with Crippen LogP contribution in [-0.4, -0.2) is 33.6 Å². The molecule has 242 valence electrons. The maximum atomic E-state index is 13.7. The van der Waals surface area contributed by atoms with Crippen LogP contribution in [0.5, 0.6) is 11.5 Å². The van der Waals surface area contributed by atoms with Gasteiger partial charge in [0.2, 0.25) is 5.13 Å². The zero-order chi connectivity index (χ0) is 33.6. The Morgan fingerprint density at radius 2 is 1.60 bits per heavy atom. The van der Waals surface area contributed by atoms with Gasteiger partial charge in [-0.05, 0) is 72.5 Å². The van der Waals surface area contributed by atoms with Crippen LogP contribution in [0.15, 0.2) is 120 Å². The second-order valence-corrected chi connectivity index (χ2v) is 13.4. The van der Waals surface area contributed by atoms with Crippen LogP contribution in [-0.2, 0) is 21.9 Å². The van der Waals surface area contributed by atoms with E-state index in [1.54, 1.807) is 54.6 Å². The van der Waals surface area contributed by atoms with Crippen LogP contribution in [0, 0.1) is 13.8 Å². The molecule has 1 amide bonds. The number of carbonyl (C=O) groups is 2. The molecule has 1 atom stereocenters. The van der Waals surface area contributed by atoms with E-state index in [9.17, 15) is 14.7 Å². The number of ether oxygens (including phenoxy) is 2. The topological polar surface area (TPSA) is 102 Å². The standard InChI is InChI=1S/C38H33N3O5S2/c1-4-21-45-30-17-13-27(14-18-30)33-32(34(42)28-15-19-31(20-16-28)46-22-29-8-6-5-7-25(29)3)35(43)36(44)41(33)37-39-40-38(48-37)47-23-26-11-9-24(2)10-12-26/h4-20,33,42H,1,21-23H2,2-3H3. The van der Waals surface area contributed by atoms with Gasteiger partial charge in [0.05, 0.1) is 11.6 Å². The molecular formula is C38H33N3O5S2. The van der Waals surface area contributed by atoms with Crippen molar-refractivity contribution in [3.8, 4) is 11.5 Å². The zero-order valence-electron chi connectivity index (χ0n) is 26.5. The van der Waals surface area contributed by atoms with Gasteiger partial charge in [-0.15, -0.1) is 10.2 Å². The number of aromatic nitrogens is 2. The Kier molecular flexibility index (Phi) is 10.0. The first-order chi connectivity index (χ1) is 23.3. The molecule has 5 aromatic rings. The number of nitrogens with zero attached hydrogens (tertiary/aromatic N) is 3. The Bertz CT molecular complexity index is 1970. The maximum absolute atomic E-state index is 13.7. The second-order valence-electron chi connectivity index (χ2n) is 11.2. The van der Waals surface area contributed by atoms with Crippen molar-refractivity contribution in [2.45, 2.75) is 36.6 Å². The normalized spacial score (nSPS) is 15.5. The van der Waals surface area contributed by atoms with Gasteiger partial charge in [-0.25, -0.2) is 0 Å². The molecule has 0 radical (unpaired) electrons. The summed E-state index contributed by atoms with van der Waals surface area (Å²) in [5.41, 5.74) is 5.44. The Morgan fingerprint density at radius 3 is 2.31 bits per heavy atom. The van der Waals surface area contributed by atoms with Gasteiger partial charge in [0.15, 0.2) is 4.34 Å². The molecule has 8 nitrogen and oxygen atoms in total. The van der Waals surface area contributed by atoms with Gasteiger partial charge in [-0.3, -0.25) is 14.5 Å². The molecule has 0 saturated carbocycles. The smallest absolute Gasteiger partial charge is 0.301 e. The van der Waals surface area contributed by atoms with Crippen molar-refractivity contribution >= 4 is 45.7 Å². The van der Waals surface area contributed by atoms with Crippen molar-refractivity contribution in [2.75, 3.05) is 11.5 Å². The Labute approximate surface area is 287 Å². The van der Waals surface area contributed by atoms with E-state index in [1.165, 1.54) is 33.6 Å². The molecule has 0 spiro atoms. The molecule has 1 fully saturated rings. The van der Waals surface area contributed by atoms with Crippen molar-refractivity contribution < 1.29 is 24.2 Å². The zero-order valence-corrected chi connectivity index (χ0v) is 28.1. The Balaban J connectivity index is 1.31. The van der Waals surface area contributed by atoms with Crippen LogP contribution in [0.1, 0.15) is 39.4 Å². The van der Waals surface area contributed by atoms with E-state index in [2.05, 4.69) is 41.0 Å². The van der Waals surface area contributed by atoms with Crippen LogP contribution in [0.4, 0.5) is 5.13 Å². The molecule has 1 saturated heterocycles. The molecule has 48 heavy (non-hydrogen) atoms. The minimum atomic E-state index is -0.946. The van der Waals surface area contributed by atoms with Gasteiger partial charge < -0.3 is 14.6 Å². The fraction of sp³-hybridized carbons (Fsp3) is 0.158. The Hall–Kier alpha value is -5.19. The minimum absolute atomic E-state index is 0.0441. The molecule has 0 aliphatic carbocycles. The molecule has 1 N–H and O–H groups in total. The van der Waals surface area contributed by atoms with E-state index >= 15 is 0 Å². The predicted octanol–water partition coefficient (Wildman–Crippen LogP) is 8.22. The van der Waals surface area contributed by atoms with Crippen molar-refractivity contribution in [2.24, 2.45) is 0 Å². The number of Topliss-reactive ketones (excluding diaryl/α,β-unsaturated/α-hetero) is 1. The molecule has 1 aliphatic rings. The molecule has 6 rings (SSSR count). The number of ketones is 1. The minimum Gasteiger partial charge on any atom is -0.507 e. The summed E-state index contributed by atoms with van der Waals surface area (Å²) in [6.45, 7) is 8.47. The summed E-state index contributed by atoms with van der Waals surface area (Å²) < 4.78 is 12.3. The maximum Gasteiger partial charge on any atom is 0.301 e. The molecule has 2 heterocycles. The average Bonchev–Trinajstić information content (AvgIpc) is 3.68. The third-order valence-electron chi connectivity index (χ3n) is 7.88. The number of aliphatic hydroxyl groups excluding tert-OH is 1. The fourth-order valence-electron chi connectivity index (χ4n) is 5.23. The number of hydrogen-bond donors (Lipinski definition) is 1. The SMILES string of the molecule is C=CCOc1ccc(C2C(=C(O)c3ccc(OCc4ccccc4C)cc3)C(=O)C(=O)N2c2nnc(SCc3ccc(C)cc3)s2)cc1. The fourth-order valence-corrected chi connectivity index (χ4v) is 7.06. The van der Waals surface area contributed by atoms with Gasteiger partial charge in [0.25, 0.3) is 5.78 Å². The monoisotopic (exact) mass is 675 g/mol. The number of benzene rings is 4. The highest BCUT2D eigenvalue weighted by Gasteiger charge is 2.48. The van der Waals surface area contributed by atoms with Crippen LogP contribution >= 0.6 is 23.1 Å². The van der Waals surface area contributed by atoms with E-state index in [0.29, 0.717) is 45.9 Å². The summed E-state index contributed by atoms with van der Waals surface area (Å²) in [6.07, 6.45) is 1.64. The lowest BCUT2D eigenvalue weighted by molar-refractivity contribution is -0.132. The number of carbonyl (C=O) groups excluding carboxylic acids is 2. The summed E-state index contributed by atoms with van der Waals surface area (Å²) in [6, 6.07) is 29.1. The lowest BCUT2D eigenvalue weighted by atomic mass is 9.95. The number of aliphatic hydroxyl groups is 1. The molecule has 10 heteroatoms. The summed E-state index contributed by atoms with van der Waals surface area (Å²) in [5, 5.41) is 20.5. The highest BCUT2D eigenvalue weighted by atomic mass is 32.2. The lowest BCUT2D eigenvalue weighted by Crippen LogP contribution is -2.29. The van der Waals surface area contributed by atoms with Gasteiger partial charge in [-0.2, -0.15) is 0 Å². The lowest BCUT2D eigenvalue weighted by Gasteiger charge is -2.22. The number of anilines is 1. The van der Waals surface area contributed by atoms with Crippen molar-refractivity contribution in [1.82, 2.24) is 10.2 Å². The molecule has 0 bridgehead atoms. The molecular weight excluding hydrogens is 643 g/mol. The number of thioether (sulfide) groups is 1. The van der Waals surface area contributed by atoms with Crippen LogP contribution < -0.4 is 14.4 Å². The van der Waals surface area contributed by atoms with Crippen LogP contribution in [0.3, 0.4) is 0 Å². The van der Waals surface area contributed by atoms with Gasteiger partial charge in [-0.1, -0.05) is 102 Å². The van der Waals surface area contributed by atoms with E-state index in [-0.39, 0.29) is 16.5 Å². The van der Waals surface area contributed by atoms with Crippen LogP contribution in [0.2, 0.25) is 0 Å². The molecule has 4 aromatic carbocycles.